The van der Waals surface area contributed by atoms with Gasteiger partial charge in [-0.2, -0.15) is 13.9 Å². The molecule has 0 spiro atoms. The average molecular weight is 396 g/mol. The van der Waals surface area contributed by atoms with Gasteiger partial charge in [-0.05, 0) is 19.9 Å². The minimum atomic E-state index is -2.91. The van der Waals surface area contributed by atoms with E-state index in [9.17, 15) is 18.9 Å². The molecule has 0 saturated heterocycles. The smallest absolute Gasteiger partial charge is 0.387 e. The van der Waals surface area contributed by atoms with Crippen molar-refractivity contribution in [2.45, 2.75) is 33.5 Å². The highest BCUT2D eigenvalue weighted by molar-refractivity contribution is 5.79. The molecule has 0 bridgehead atoms. The molecular weight excluding hydrogens is 374 g/mol. The second kappa shape index (κ2) is 10.2. The summed E-state index contributed by atoms with van der Waals surface area (Å²) in [4.78, 5) is 14.5. The Labute approximate surface area is 160 Å². The first-order chi connectivity index (χ1) is 13.4. The van der Waals surface area contributed by atoms with Crippen LogP contribution in [-0.2, 0) is 13.1 Å². The van der Waals surface area contributed by atoms with Gasteiger partial charge in [0, 0.05) is 18.7 Å². The van der Waals surface area contributed by atoms with Crippen molar-refractivity contribution in [3.05, 3.63) is 51.8 Å². The lowest BCUT2D eigenvalue weighted by atomic mass is 10.1. The number of aryl methyl sites for hydroxylation is 1. The number of rotatable bonds is 9. The summed E-state index contributed by atoms with van der Waals surface area (Å²) in [6.07, 6.45) is 2.52. The van der Waals surface area contributed by atoms with Gasteiger partial charge in [-0.3, -0.25) is 14.8 Å². The fourth-order valence-electron chi connectivity index (χ4n) is 2.41. The highest BCUT2D eigenvalue weighted by Crippen LogP contribution is 2.22. The summed E-state index contributed by atoms with van der Waals surface area (Å²) >= 11 is 0. The Morgan fingerprint density at radius 1 is 1.43 bits per heavy atom. The van der Waals surface area contributed by atoms with Crippen molar-refractivity contribution in [2.75, 3.05) is 13.1 Å². The Morgan fingerprint density at radius 3 is 2.86 bits per heavy atom. The van der Waals surface area contributed by atoms with Crippen molar-refractivity contribution in [3.8, 4) is 5.75 Å². The first-order valence-electron chi connectivity index (χ1n) is 8.62. The SMILES string of the molecule is CCNC(=NCc1cc(C)ccc1OC(F)F)NCCn1cc([N+](=O)[O-])cn1. The molecule has 152 valence electrons. The zero-order chi connectivity index (χ0) is 20.5. The van der Waals surface area contributed by atoms with Crippen LogP contribution >= 0.6 is 0 Å². The minimum absolute atomic E-state index is 0.0772. The molecule has 28 heavy (non-hydrogen) atoms. The first-order valence-corrected chi connectivity index (χ1v) is 8.62. The van der Waals surface area contributed by atoms with E-state index in [1.165, 1.54) is 23.1 Å². The van der Waals surface area contributed by atoms with E-state index in [-0.39, 0.29) is 18.0 Å². The number of hydrogen-bond acceptors (Lipinski definition) is 5. The summed E-state index contributed by atoms with van der Waals surface area (Å²) in [6.45, 7) is 2.40. The Kier molecular flexibility index (Phi) is 7.66. The van der Waals surface area contributed by atoms with Crippen LogP contribution in [0, 0.1) is 17.0 Å². The van der Waals surface area contributed by atoms with Crippen LogP contribution in [0.15, 0.2) is 35.6 Å². The van der Waals surface area contributed by atoms with Gasteiger partial charge in [0.25, 0.3) is 0 Å². The lowest BCUT2D eigenvalue weighted by molar-refractivity contribution is -0.385. The molecule has 11 heteroatoms. The average Bonchev–Trinajstić information content (AvgIpc) is 3.10. The lowest BCUT2D eigenvalue weighted by Gasteiger charge is -2.13. The number of benzene rings is 1. The Bertz CT molecular complexity index is 825. The predicted molar refractivity (Wildman–Crippen MR) is 99.5 cm³/mol. The molecule has 0 aliphatic heterocycles. The summed E-state index contributed by atoms with van der Waals surface area (Å²) in [5.41, 5.74) is 1.37. The van der Waals surface area contributed by atoms with Gasteiger partial charge in [-0.25, -0.2) is 4.99 Å². The van der Waals surface area contributed by atoms with Crippen molar-refractivity contribution < 1.29 is 18.4 Å². The molecule has 0 aliphatic carbocycles. The summed E-state index contributed by atoms with van der Waals surface area (Å²) in [5.74, 6) is 0.567. The molecule has 0 amide bonds. The molecule has 2 rings (SSSR count). The van der Waals surface area contributed by atoms with Gasteiger partial charge in [0.1, 0.15) is 18.1 Å². The van der Waals surface area contributed by atoms with E-state index >= 15 is 0 Å². The molecule has 0 saturated carbocycles. The highest BCUT2D eigenvalue weighted by atomic mass is 19.3. The van der Waals surface area contributed by atoms with E-state index in [0.29, 0.717) is 31.2 Å². The van der Waals surface area contributed by atoms with Gasteiger partial charge in [0.05, 0.1) is 18.0 Å². The molecule has 1 aromatic carbocycles. The number of nitrogens with one attached hydrogen (secondary N) is 2. The van der Waals surface area contributed by atoms with Gasteiger partial charge in [0.15, 0.2) is 5.96 Å². The van der Waals surface area contributed by atoms with Crippen molar-refractivity contribution in [2.24, 2.45) is 4.99 Å². The van der Waals surface area contributed by atoms with E-state index in [4.69, 9.17) is 0 Å². The maximum absolute atomic E-state index is 12.6. The topological polar surface area (TPSA) is 107 Å². The van der Waals surface area contributed by atoms with E-state index in [1.54, 1.807) is 12.1 Å². The van der Waals surface area contributed by atoms with Crippen LogP contribution in [-0.4, -0.2) is 40.4 Å². The molecule has 2 N–H and O–H groups in total. The summed E-state index contributed by atoms with van der Waals surface area (Å²) in [5, 5.41) is 20.7. The normalized spacial score (nSPS) is 11.5. The molecule has 9 nitrogen and oxygen atoms in total. The minimum Gasteiger partial charge on any atom is -0.434 e. The van der Waals surface area contributed by atoms with Crippen molar-refractivity contribution in [1.29, 1.82) is 0 Å². The molecule has 2 aromatic rings. The molecule has 0 fully saturated rings. The summed E-state index contributed by atoms with van der Waals surface area (Å²) in [7, 11) is 0. The lowest BCUT2D eigenvalue weighted by Crippen LogP contribution is -2.38. The van der Waals surface area contributed by atoms with Crippen LogP contribution in [0.25, 0.3) is 0 Å². The second-order valence-corrected chi connectivity index (χ2v) is 5.83. The number of aliphatic imine (C=N–C) groups is 1. The monoisotopic (exact) mass is 396 g/mol. The molecule has 0 unspecified atom stereocenters. The largest absolute Gasteiger partial charge is 0.434 e. The highest BCUT2D eigenvalue weighted by Gasteiger charge is 2.11. The van der Waals surface area contributed by atoms with Gasteiger partial charge >= 0.3 is 12.3 Å². The quantitative estimate of drug-likeness (QED) is 0.292. The molecular formula is C17H22F2N6O3. The van der Waals surface area contributed by atoms with Crippen LogP contribution in [0.4, 0.5) is 14.5 Å². The number of nitrogens with zero attached hydrogens (tertiary/aromatic N) is 4. The van der Waals surface area contributed by atoms with Crippen LogP contribution in [0.1, 0.15) is 18.1 Å². The van der Waals surface area contributed by atoms with E-state index in [1.807, 2.05) is 13.8 Å². The third-order valence-corrected chi connectivity index (χ3v) is 3.65. The standard InChI is InChI=1S/C17H22F2N6O3/c1-3-20-17(21-6-7-24-11-14(10-23-24)25(26)27)22-9-13-8-12(2)4-5-15(13)28-16(18)19/h4-5,8,10-11,16H,3,6-7,9H2,1-2H3,(H2,20,21,22). The van der Waals surface area contributed by atoms with Crippen LogP contribution in [0.2, 0.25) is 0 Å². The van der Waals surface area contributed by atoms with Gasteiger partial charge in [0.2, 0.25) is 0 Å². The van der Waals surface area contributed by atoms with Gasteiger partial charge in [-0.1, -0.05) is 17.7 Å². The molecule has 0 aliphatic rings. The molecule has 1 heterocycles. The predicted octanol–water partition coefficient (Wildman–Crippen LogP) is 2.46. The Morgan fingerprint density at radius 2 is 2.21 bits per heavy atom. The Balaban J connectivity index is 1.99. The summed E-state index contributed by atoms with van der Waals surface area (Å²) in [6, 6.07) is 4.93. The maximum atomic E-state index is 12.6. The number of hydrogen-bond donors (Lipinski definition) is 2. The first kappa shape index (κ1) is 21.1. The van der Waals surface area contributed by atoms with Crippen LogP contribution < -0.4 is 15.4 Å². The molecule has 0 atom stereocenters. The second-order valence-electron chi connectivity index (χ2n) is 5.83. The molecule has 0 radical (unpaired) electrons. The van der Waals surface area contributed by atoms with Crippen molar-refractivity contribution in [3.63, 3.8) is 0 Å². The Hall–Kier alpha value is -3.24. The fraction of sp³-hybridized carbons (Fsp3) is 0.412. The zero-order valence-corrected chi connectivity index (χ0v) is 15.6. The van der Waals surface area contributed by atoms with Crippen LogP contribution in [0.5, 0.6) is 5.75 Å². The van der Waals surface area contributed by atoms with E-state index in [2.05, 4.69) is 25.5 Å². The number of guanidine groups is 1. The molecule has 1 aromatic heterocycles. The third-order valence-electron chi connectivity index (χ3n) is 3.65. The maximum Gasteiger partial charge on any atom is 0.387 e. The van der Waals surface area contributed by atoms with Crippen molar-refractivity contribution in [1.82, 2.24) is 20.4 Å². The number of aromatic nitrogens is 2. The number of ether oxygens (including phenoxy) is 1. The number of nitro groups is 1. The summed E-state index contributed by atoms with van der Waals surface area (Å²) < 4.78 is 31.1. The number of alkyl halides is 2. The fourth-order valence-corrected chi connectivity index (χ4v) is 2.41. The van der Waals surface area contributed by atoms with Gasteiger partial charge < -0.3 is 15.4 Å². The van der Waals surface area contributed by atoms with E-state index in [0.717, 1.165) is 5.56 Å². The van der Waals surface area contributed by atoms with Crippen molar-refractivity contribution >= 4 is 11.6 Å². The zero-order valence-electron chi connectivity index (χ0n) is 15.6. The number of halogens is 2. The van der Waals surface area contributed by atoms with Crippen LogP contribution in [0.3, 0.4) is 0 Å². The third kappa shape index (κ3) is 6.49. The van der Waals surface area contributed by atoms with E-state index < -0.39 is 11.5 Å². The van der Waals surface area contributed by atoms with Gasteiger partial charge in [-0.15, -0.1) is 0 Å².